The average Bonchev–Trinajstić information content (AvgIpc) is 2.33. The van der Waals surface area contributed by atoms with Gasteiger partial charge in [-0.1, -0.05) is 19.8 Å². The van der Waals surface area contributed by atoms with Crippen molar-refractivity contribution in [1.29, 1.82) is 0 Å². The maximum atomic E-state index is 11.9. The fourth-order valence-corrected chi connectivity index (χ4v) is 3.49. The number of amides is 1. The number of carbonyl (C=O) groups excluding carboxylic acids is 1. The van der Waals surface area contributed by atoms with Crippen LogP contribution >= 0.6 is 0 Å². The van der Waals surface area contributed by atoms with E-state index in [1.165, 1.54) is 0 Å². The van der Waals surface area contributed by atoms with Crippen molar-refractivity contribution in [3.63, 3.8) is 0 Å². The molecule has 1 saturated heterocycles. The fraction of sp³-hybridized carbons (Fsp3) is 0.846. The minimum Gasteiger partial charge on any atom is -0.481 e. The normalized spacial score (nSPS) is 33.4. The van der Waals surface area contributed by atoms with Crippen LogP contribution in [0.2, 0.25) is 0 Å². The Kier molecular flexibility index (Phi) is 3.40. The summed E-state index contributed by atoms with van der Waals surface area (Å²) >= 11 is 0. The molecule has 2 rings (SSSR count). The molecule has 1 aliphatic carbocycles. The Labute approximate surface area is 102 Å². The van der Waals surface area contributed by atoms with Gasteiger partial charge >= 0.3 is 5.97 Å². The van der Waals surface area contributed by atoms with E-state index in [9.17, 15) is 14.7 Å². The molecule has 1 N–H and O–H groups in total. The summed E-state index contributed by atoms with van der Waals surface area (Å²) in [6.45, 7) is 2.74. The van der Waals surface area contributed by atoms with Gasteiger partial charge in [-0.15, -0.1) is 0 Å². The number of fused-ring (bicyclic) bond motifs is 1. The number of aliphatic carboxylic acids is 1. The van der Waals surface area contributed by atoms with Gasteiger partial charge in [-0.05, 0) is 25.7 Å². The van der Waals surface area contributed by atoms with Gasteiger partial charge in [-0.2, -0.15) is 0 Å². The topological polar surface area (TPSA) is 57.6 Å². The molecule has 0 spiro atoms. The molecule has 0 aromatic rings. The number of carboxylic acid groups (broad SMARTS) is 1. The molecule has 0 aromatic heterocycles. The standard InChI is InChI=1S/C13H21NO3/c1-2-9-14-10-5-3-4-7-13(10,12(16)17)8-6-11(14)15/h10H,2-9H2,1H3,(H,16,17)/t10-,13-/m0/s1. The van der Waals surface area contributed by atoms with E-state index in [1.54, 1.807) is 0 Å². The fourth-order valence-electron chi connectivity index (χ4n) is 3.49. The summed E-state index contributed by atoms with van der Waals surface area (Å²) in [5.74, 6) is -0.550. The lowest BCUT2D eigenvalue weighted by atomic mass is 9.65. The maximum absolute atomic E-state index is 11.9. The Balaban J connectivity index is 2.29. The summed E-state index contributed by atoms with van der Waals surface area (Å²) in [6.07, 6.45) is 5.47. The molecule has 0 bridgehead atoms. The number of likely N-dealkylation sites (tertiary alicyclic amines) is 1. The highest BCUT2D eigenvalue weighted by molar-refractivity contribution is 5.83. The number of rotatable bonds is 3. The lowest BCUT2D eigenvalue weighted by molar-refractivity contribution is -0.166. The molecule has 1 heterocycles. The third-order valence-corrected chi connectivity index (χ3v) is 4.36. The van der Waals surface area contributed by atoms with E-state index in [4.69, 9.17) is 0 Å². The van der Waals surface area contributed by atoms with Crippen molar-refractivity contribution in [2.75, 3.05) is 6.54 Å². The van der Waals surface area contributed by atoms with Crippen molar-refractivity contribution in [3.05, 3.63) is 0 Å². The van der Waals surface area contributed by atoms with E-state index in [0.29, 0.717) is 19.4 Å². The molecular formula is C13H21NO3. The van der Waals surface area contributed by atoms with E-state index in [0.717, 1.165) is 32.1 Å². The minimum absolute atomic E-state index is 0.0602. The van der Waals surface area contributed by atoms with Crippen LogP contribution in [0.3, 0.4) is 0 Å². The van der Waals surface area contributed by atoms with Gasteiger partial charge in [0.15, 0.2) is 0 Å². The predicted octanol–water partition coefficient (Wildman–Crippen LogP) is 2.03. The number of nitrogens with zero attached hydrogens (tertiary/aromatic N) is 1. The van der Waals surface area contributed by atoms with Crippen molar-refractivity contribution >= 4 is 11.9 Å². The van der Waals surface area contributed by atoms with Crippen molar-refractivity contribution in [2.45, 2.75) is 57.9 Å². The SMILES string of the molecule is CCCN1C(=O)CC[C@@]2(C(=O)O)CCCC[C@H]12. The molecular weight excluding hydrogens is 218 g/mol. The quantitative estimate of drug-likeness (QED) is 0.819. The van der Waals surface area contributed by atoms with Crippen LogP contribution < -0.4 is 0 Å². The van der Waals surface area contributed by atoms with Crippen LogP contribution in [0, 0.1) is 5.41 Å². The predicted molar refractivity (Wildman–Crippen MR) is 63.6 cm³/mol. The van der Waals surface area contributed by atoms with E-state index in [1.807, 2.05) is 11.8 Å². The molecule has 4 nitrogen and oxygen atoms in total. The average molecular weight is 239 g/mol. The first-order valence-corrected chi connectivity index (χ1v) is 6.64. The number of carbonyl (C=O) groups is 2. The van der Waals surface area contributed by atoms with Crippen LogP contribution in [0.5, 0.6) is 0 Å². The molecule has 0 radical (unpaired) electrons. The molecule has 2 atom stereocenters. The summed E-state index contributed by atoms with van der Waals surface area (Å²) in [5, 5.41) is 9.56. The summed E-state index contributed by atoms with van der Waals surface area (Å²) in [4.78, 5) is 25.4. The first kappa shape index (κ1) is 12.4. The van der Waals surface area contributed by atoms with Crippen LogP contribution in [-0.2, 0) is 9.59 Å². The van der Waals surface area contributed by atoms with E-state index in [2.05, 4.69) is 0 Å². The minimum atomic E-state index is -0.698. The molecule has 0 aromatic carbocycles. The van der Waals surface area contributed by atoms with Gasteiger partial charge in [-0.25, -0.2) is 0 Å². The third-order valence-electron chi connectivity index (χ3n) is 4.36. The Hall–Kier alpha value is -1.06. The van der Waals surface area contributed by atoms with Crippen LogP contribution in [0.15, 0.2) is 0 Å². The Morgan fingerprint density at radius 2 is 2.24 bits per heavy atom. The van der Waals surface area contributed by atoms with E-state index >= 15 is 0 Å². The summed E-state index contributed by atoms with van der Waals surface area (Å²) in [6, 6.07) is -0.0602. The number of hydrogen-bond donors (Lipinski definition) is 1. The Morgan fingerprint density at radius 3 is 2.88 bits per heavy atom. The molecule has 4 heteroatoms. The number of carboxylic acids is 1. The first-order valence-electron chi connectivity index (χ1n) is 6.64. The second-order valence-corrected chi connectivity index (χ2v) is 5.31. The smallest absolute Gasteiger partial charge is 0.311 e. The molecule has 2 aliphatic rings. The zero-order valence-electron chi connectivity index (χ0n) is 10.4. The first-order chi connectivity index (χ1) is 8.12. The van der Waals surface area contributed by atoms with Crippen molar-refractivity contribution in [2.24, 2.45) is 5.41 Å². The molecule has 96 valence electrons. The van der Waals surface area contributed by atoms with Crippen molar-refractivity contribution in [1.82, 2.24) is 4.90 Å². The Bertz CT molecular complexity index is 329. The highest BCUT2D eigenvalue weighted by Crippen LogP contribution is 2.46. The molecule has 1 aliphatic heterocycles. The zero-order chi connectivity index (χ0) is 12.5. The lowest BCUT2D eigenvalue weighted by Crippen LogP contribution is -2.59. The highest BCUT2D eigenvalue weighted by atomic mass is 16.4. The van der Waals surface area contributed by atoms with E-state index in [-0.39, 0.29) is 11.9 Å². The van der Waals surface area contributed by atoms with Gasteiger partial charge in [0.1, 0.15) is 0 Å². The molecule has 1 amide bonds. The summed E-state index contributed by atoms with van der Waals surface area (Å²) in [7, 11) is 0. The van der Waals surface area contributed by atoms with Crippen molar-refractivity contribution < 1.29 is 14.7 Å². The molecule has 17 heavy (non-hydrogen) atoms. The summed E-state index contributed by atoms with van der Waals surface area (Å²) in [5.41, 5.74) is -0.651. The van der Waals surface area contributed by atoms with Crippen LogP contribution in [-0.4, -0.2) is 34.5 Å². The lowest BCUT2D eigenvalue weighted by Gasteiger charge is -2.50. The van der Waals surface area contributed by atoms with Gasteiger partial charge in [0.05, 0.1) is 5.41 Å². The number of hydrogen-bond acceptors (Lipinski definition) is 2. The van der Waals surface area contributed by atoms with Crippen LogP contribution in [0.25, 0.3) is 0 Å². The molecule has 0 unspecified atom stereocenters. The van der Waals surface area contributed by atoms with Crippen LogP contribution in [0.1, 0.15) is 51.9 Å². The molecule has 2 fully saturated rings. The highest BCUT2D eigenvalue weighted by Gasteiger charge is 2.53. The summed E-state index contributed by atoms with van der Waals surface area (Å²) < 4.78 is 0. The monoisotopic (exact) mass is 239 g/mol. The largest absolute Gasteiger partial charge is 0.481 e. The van der Waals surface area contributed by atoms with Gasteiger partial charge in [-0.3, -0.25) is 9.59 Å². The van der Waals surface area contributed by atoms with Crippen LogP contribution in [0.4, 0.5) is 0 Å². The van der Waals surface area contributed by atoms with Gasteiger partial charge in [0.2, 0.25) is 5.91 Å². The van der Waals surface area contributed by atoms with Gasteiger partial charge < -0.3 is 10.0 Å². The van der Waals surface area contributed by atoms with Gasteiger partial charge in [0, 0.05) is 19.0 Å². The third kappa shape index (κ3) is 1.94. The molecule has 1 saturated carbocycles. The Morgan fingerprint density at radius 1 is 1.47 bits per heavy atom. The zero-order valence-corrected chi connectivity index (χ0v) is 10.4. The second kappa shape index (κ2) is 4.67. The van der Waals surface area contributed by atoms with Gasteiger partial charge in [0.25, 0.3) is 0 Å². The van der Waals surface area contributed by atoms with Crippen molar-refractivity contribution in [3.8, 4) is 0 Å². The maximum Gasteiger partial charge on any atom is 0.311 e. The second-order valence-electron chi connectivity index (χ2n) is 5.31. The van der Waals surface area contributed by atoms with E-state index < -0.39 is 11.4 Å². The number of piperidine rings is 1.